The third kappa shape index (κ3) is 4.49. The molecule has 2 bridgehead atoms. The van der Waals surface area contributed by atoms with Gasteiger partial charge in [0.2, 0.25) is 0 Å². The minimum absolute atomic E-state index is 0.231. The Hall–Kier alpha value is -1.68. The molecule has 4 aliphatic rings. The van der Waals surface area contributed by atoms with E-state index in [2.05, 4.69) is 12.1 Å². The Morgan fingerprint density at radius 2 is 1.73 bits per heavy atom. The lowest BCUT2D eigenvalue weighted by Crippen LogP contribution is -2.45. The van der Waals surface area contributed by atoms with Gasteiger partial charge in [0.05, 0.1) is 6.33 Å². The Bertz CT molecular complexity index is 736. The lowest BCUT2D eigenvalue weighted by molar-refractivity contribution is -0.130. The van der Waals surface area contributed by atoms with Crippen LogP contribution in [0.5, 0.6) is 5.75 Å². The highest BCUT2D eigenvalue weighted by atomic mass is 19.1. The molecule has 1 aromatic carbocycles. The van der Waals surface area contributed by atoms with Gasteiger partial charge in [-0.15, -0.1) is 0 Å². The molecule has 3 nitrogen and oxygen atoms in total. The Balaban J connectivity index is 1.35. The van der Waals surface area contributed by atoms with Crippen LogP contribution in [0, 0.1) is 11.3 Å². The van der Waals surface area contributed by atoms with Crippen LogP contribution in [0.1, 0.15) is 76.7 Å². The number of carbonyl (C=O) groups excluding carboxylic acids is 1. The quantitative estimate of drug-likeness (QED) is 0.500. The fourth-order valence-corrected chi connectivity index (χ4v) is 5.79. The van der Waals surface area contributed by atoms with Gasteiger partial charge in [0, 0.05) is 25.6 Å². The average Bonchev–Trinajstić information content (AvgIpc) is 2.82. The fourth-order valence-electron chi connectivity index (χ4n) is 5.79. The van der Waals surface area contributed by atoms with E-state index in [9.17, 15) is 9.18 Å². The van der Waals surface area contributed by atoms with Crippen molar-refractivity contribution in [1.82, 2.24) is 0 Å². The van der Waals surface area contributed by atoms with E-state index >= 15 is 0 Å². The van der Waals surface area contributed by atoms with Gasteiger partial charge in [-0.3, -0.25) is 4.79 Å². The number of ether oxygens (including phenoxy) is 2. The molecule has 0 atom stereocenters. The number of halogens is 1. The van der Waals surface area contributed by atoms with E-state index in [-0.39, 0.29) is 16.7 Å². The topological polar surface area (TPSA) is 35.5 Å². The first kappa shape index (κ1) is 21.5. The maximum atomic E-state index is 12.9. The molecule has 1 aliphatic heterocycles. The van der Waals surface area contributed by atoms with E-state index in [4.69, 9.17) is 9.47 Å². The largest absolute Gasteiger partial charge is 0.489 e. The smallest absolute Gasteiger partial charge is 0.136 e. The molecule has 0 aromatic heterocycles. The highest BCUT2D eigenvalue weighted by molar-refractivity contribution is 5.81. The van der Waals surface area contributed by atoms with Crippen molar-refractivity contribution in [2.24, 2.45) is 11.3 Å². The van der Waals surface area contributed by atoms with Gasteiger partial charge < -0.3 is 9.47 Å². The minimum atomic E-state index is 0.231. The van der Waals surface area contributed by atoms with Crippen molar-refractivity contribution >= 4 is 5.78 Å². The highest BCUT2D eigenvalue weighted by Gasteiger charge is 2.50. The van der Waals surface area contributed by atoms with Crippen molar-refractivity contribution in [3.05, 3.63) is 41.7 Å². The van der Waals surface area contributed by atoms with Crippen LogP contribution in [-0.4, -0.2) is 25.6 Å². The molecule has 3 saturated carbocycles. The van der Waals surface area contributed by atoms with Crippen LogP contribution < -0.4 is 4.74 Å². The van der Waals surface area contributed by atoms with Gasteiger partial charge in [0.25, 0.3) is 0 Å². The van der Waals surface area contributed by atoms with Gasteiger partial charge in [-0.2, -0.15) is 0 Å². The first-order chi connectivity index (χ1) is 14.6. The summed E-state index contributed by atoms with van der Waals surface area (Å²) in [7, 11) is 0. The second-order valence-corrected chi connectivity index (χ2v) is 9.74. The normalized spacial score (nSPS) is 29.7. The van der Waals surface area contributed by atoms with E-state index in [1.54, 1.807) is 0 Å². The number of ketones is 1. The Kier molecular flexibility index (Phi) is 6.62. The SMILES string of the molecule is CC/C(=C\F)COc1ccc(C23CCC(CC(=O)C4CCOCC4)(CC2)CC3)cc1. The standard InChI is InChI=1S/C26H35FO3/c1-2-20(18-27)19-30-23-5-3-22(4-6-23)26-12-9-25(10-13-26,11-14-26)17-24(28)21-7-15-29-16-8-21/h3-6,18,21H,2,7-17,19H2,1H3/b20-18+. The molecule has 0 amide bonds. The van der Waals surface area contributed by atoms with Gasteiger partial charge in [0.15, 0.2) is 0 Å². The third-order valence-electron chi connectivity index (χ3n) is 8.13. The third-order valence-corrected chi connectivity index (χ3v) is 8.13. The Morgan fingerprint density at radius 1 is 1.10 bits per heavy atom. The van der Waals surface area contributed by atoms with E-state index < -0.39 is 0 Å². The monoisotopic (exact) mass is 414 g/mol. The van der Waals surface area contributed by atoms with Gasteiger partial charge in [-0.25, -0.2) is 4.39 Å². The predicted molar refractivity (Wildman–Crippen MR) is 116 cm³/mol. The molecule has 0 unspecified atom stereocenters. The molecule has 0 spiro atoms. The van der Waals surface area contributed by atoms with Crippen molar-refractivity contribution in [3.8, 4) is 5.75 Å². The second kappa shape index (κ2) is 9.21. The Labute approximate surface area is 180 Å². The van der Waals surface area contributed by atoms with E-state index in [0.29, 0.717) is 30.7 Å². The summed E-state index contributed by atoms with van der Waals surface area (Å²) in [6.07, 6.45) is 11.0. The van der Waals surface area contributed by atoms with Crippen LogP contribution in [0.4, 0.5) is 4.39 Å². The first-order valence-corrected chi connectivity index (χ1v) is 11.7. The highest BCUT2D eigenvalue weighted by Crippen LogP contribution is 2.59. The number of hydrogen-bond acceptors (Lipinski definition) is 3. The van der Waals surface area contributed by atoms with Gasteiger partial charge in [0.1, 0.15) is 18.1 Å². The minimum Gasteiger partial charge on any atom is -0.489 e. The summed E-state index contributed by atoms with van der Waals surface area (Å²) < 4.78 is 23.9. The first-order valence-electron chi connectivity index (χ1n) is 11.7. The lowest BCUT2D eigenvalue weighted by atomic mass is 9.50. The van der Waals surface area contributed by atoms with Crippen molar-refractivity contribution < 1.29 is 18.7 Å². The fraction of sp³-hybridized carbons (Fsp3) is 0.654. The van der Waals surface area contributed by atoms with Crippen LogP contribution in [-0.2, 0) is 14.9 Å². The summed E-state index contributed by atoms with van der Waals surface area (Å²) in [6, 6.07) is 8.46. The van der Waals surface area contributed by atoms with Crippen molar-refractivity contribution in [1.29, 1.82) is 0 Å². The van der Waals surface area contributed by atoms with Crippen molar-refractivity contribution in [2.75, 3.05) is 19.8 Å². The van der Waals surface area contributed by atoms with Crippen LogP contribution in [0.25, 0.3) is 0 Å². The molecule has 5 rings (SSSR count). The Morgan fingerprint density at radius 3 is 2.30 bits per heavy atom. The maximum Gasteiger partial charge on any atom is 0.136 e. The summed E-state index contributed by atoms with van der Waals surface area (Å²) in [5.41, 5.74) is 2.57. The van der Waals surface area contributed by atoms with Crippen LogP contribution in [0.2, 0.25) is 0 Å². The number of Topliss-reactive ketones (excluding diaryl/α,β-unsaturated/α-hetero) is 1. The van der Waals surface area contributed by atoms with Crippen LogP contribution in [0.15, 0.2) is 36.2 Å². The van der Waals surface area contributed by atoms with Gasteiger partial charge in [-0.05, 0) is 91.9 Å². The number of benzene rings is 1. The zero-order chi connectivity index (χ0) is 21.0. The predicted octanol–water partition coefficient (Wildman–Crippen LogP) is 6.31. The molecular weight excluding hydrogens is 379 g/mol. The second-order valence-electron chi connectivity index (χ2n) is 9.74. The molecule has 3 aliphatic carbocycles. The molecule has 1 heterocycles. The summed E-state index contributed by atoms with van der Waals surface area (Å²) >= 11 is 0. The van der Waals surface area contributed by atoms with Crippen molar-refractivity contribution in [2.45, 2.75) is 76.5 Å². The molecule has 1 aromatic rings. The molecule has 4 fully saturated rings. The molecular formula is C26H35FO3. The van der Waals surface area contributed by atoms with Crippen LogP contribution in [0.3, 0.4) is 0 Å². The number of fused-ring (bicyclic) bond motifs is 3. The summed E-state index contributed by atoms with van der Waals surface area (Å²) in [5, 5.41) is 0. The lowest BCUT2D eigenvalue weighted by Gasteiger charge is -2.54. The average molecular weight is 415 g/mol. The molecule has 4 heteroatoms. The van der Waals surface area contributed by atoms with E-state index in [0.717, 1.165) is 38.2 Å². The van der Waals surface area contributed by atoms with Crippen molar-refractivity contribution in [3.63, 3.8) is 0 Å². The molecule has 30 heavy (non-hydrogen) atoms. The molecule has 164 valence electrons. The zero-order valence-electron chi connectivity index (χ0n) is 18.3. The van der Waals surface area contributed by atoms with Crippen LogP contribution >= 0.6 is 0 Å². The summed E-state index contributed by atoms with van der Waals surface area (Å²) in [4.78, 5) is 12.9. The van der Waals surface area contributed by atoms with Gasteiger partial charge >= 0.3 is 0 Å². The summed E-state index contributed by atoms with van der Waals surface area (Å²) in [5.74, 6) is 1.52. The molecule has 0 radical (unpaired) electrons. The molecule has 0 N–H and O–H groups in total. The van der Waals surface area contributed by atoms with E-state index in [1.165, 1.54) is 44.1 Å². The number of hydrogen-bond donors (Lipinski definition) is 0. The number of carbonyl (C=O) groups is 1. The summed E-state index contributed by atoms with van der Waals surface area (Å²) in [6.45, 7) is 3.73. The number of rotatable bonds is 8. The van der Waals surface area contributed by atoms with Gasteiger partial charge in [-0.1, -0.05) is 19.1 Å². The van der Waals surface area contributed by atoms with E-state index in [1.807, 2.05) is 19.1 Å². The zero-order valence-corrected chi connectivity index (χ0v) is 18.3. The maximum absolute atomic E-state index is 12.9. The molecule has 1 saturated heterocycles.